The smallest absolute Gasteiger partial charge is 0.241 e. The molecule has 2 heterocycles. The van der Waals surface area contributed by atoms with E-state index < -0.39 is 10.0 Å². The molecule has 0 spiro atoms. The van der Waals surface area contributed by atoms with E-state index in [-0.39, 0.29) is 11.4 Å². The number of nitrogens with zero attached hydrogens (tertiary/aromatic N) is 3. The van der Waals surface area contributed by atoms with E-state index in [9.17, 15) is 8.42 Å². The van der Waals surface area contributed by atoms with E-state index in [1.54, 1.807) is 24.4 Å². The van der Waals surface area contributed by atoms with Crippen LogP contribution in [0.15, 0.2) is 59.6 Å². The molecule has 0 saturated heterocycles. The van der Waals surface area contributed by atoms with Crippen molar-refractivity contribution < 1.29 is 13.2 Å². The first kappa shape index (κ1) is 19.6. The SMILES string of the molecule is COc1cccc(S(=O)(=O)NCc2cc(-c3ccccn3)n(C3CCCC3)n2)c1. The molecule has 0 amide bonds. The van der Waals surface area contributed by atoms with Gasteiger partial charge in [0.25, 0.3) is 0 Å². The van der Waals surface area contributed by atoms with Gasteiger partial charge in [0.1, 0.15) is 5.75 Å². The second kappa shape index (κ2) is 8.34. The van der Waals surface area contributed by atoms with Crippen molar-refractivity contribution in [2.75, 3.05) is 7.11 Å². The van der Waals surface area contributed by atoms with Crippen molar-refractivity contribution in [1.82, 2.24) is 19.5 Å². The second-order valence-electron chi connectivity index (χ2n) is 7.12. The number of hydrogen-bond acceptors (Lipinski definition) is 5. The van der Waals surface area contributed by atoms with Gasteiger partial charge >= 0.3 is 0 Å². The Morgan fingerprint density at radius 2 is 1.97 bits per heavy atom. The molecular formula is C21H24N4O3S. The maximum atomic E-state index is 12.7. The number of aromatic nitrogens is 3. The predicted octanol–water partition coefficient (Wildman–Crippen LogP) is 3.55. The van der Waals surface area contributed by atoms with Crippen LogP contribution in [-0.2, 0) is 16.6 Å². The summed E-state index contributed by atoms with van der Waals surface area (Å²) in [6.07, 6.45) is 6.29. The van der Waals surface area contributed by atoms with Crippen molar-refractivity contribution in [1.29, 1.82) is 0 Å². The molecular weight excluding hydrogens is 388 g/mol. The van der Waals surface area contributed by atoms with Gasteiger partial charge in [-0.3, -0.25) is 9.67 Å². The van der Waals surface area contributed by atoms with Crippen LogP contribution in [-0.4, -0.2) is 30.3 Å². The largest absolute Gasteiger partial charge is 0.497 e. The van der Waals surface area contributed by atoms with Crippen molar-refractivity contribution in [2.24, 2.45) is 0 Å². The van der Waals surface area contributed by atoms with Gasteiger partial charge in [-0.05, 0) is 43.2 Å². The van der Waals surface area contributed by atoms with Gasteiger partial charge in [0, 0.05) is 12.3 Å². The number of methoxy groups -OCH3 is 1. The Bertz CT molecular complexity index is 1070. The predicted molar refractivity (Wildman–Crippen MR) is 110 cm³/mol. The lowest BCUT2D eigenvalue weighted by molar-refractivity contribution is 0.413. The summed E-state index contributed by atoms with van der Waals surface area (Å²) in [6, 6.07) is 14.4. The molecule has 1 fully saturated rings. The normalized spacial score (nSPS) is 14.9. The van der Waals surface area contributed by atoms with Gasteiger partial charge in [0.2, 0.25) is 10.0 Å². The first-order valence-electron chi connectivity index (χ1n) is 9.70. The number of sulfonamides is 1. The number of benzene rings is 1. The summed E-state index contributed by atoms with van der Waals surface area (Å²) in [5.41, 5.74) is 2.44. The van der Waals surface area contributed by atoms with E-state index in [4.69, 9.17) is 9.84 Å². The molecule has 8 heteroatoms. The standard InChI is InChI=1S/C21H24N4O3S/c1-28-18-9-6-10-19(14-18)29(26,27)23-15-16-13-21(20-11-4-5-12-22-20)25(24-16)17-7-2-3-8-17/h4-6,9-14,17,23H,2-3,7-8,15H2,1H3. The van der Waals surface area contributed by atoms with Gasteiger partial charge in [-0.25, -0.2) is 13.1 Å². The van der Waals surface area contributed by atoms with Crippen molar-refractivity contribution in [2.45, 2.75) is 43.2 Å². The van der Waals surface area contributed by atoms with Gasteiger partial charge in [-0.1, -0.05) is 25.0 Å². The minimum atomic E-state index is -3.67. The van der Waals surface area contributed by atoms with E-state index in [1.807, 2.05) is 28.9 Å². The average Bonchev–Trinajstić information content (AvgIpc) is 3.43. The Morgan fingerprint density at radius 1 is 1.14 bits per heavy atom. The zero-order valence-corrected chi connectivity index (χ0v) is 17.1. The number of ether oxygens (including phenoxy) is 1. The van der Waals surface area contributed by atoms with Crippen LogP contribution in [0.2, 0.25) is 0 Å². The number of pyridine rings is 1. The van der Waals surface area contributed by atoms with Crippen molar-refractivity contribution in [3.8, 4) is 17.1 Å². The van der Waals surface area contributed by atoms with Crippen LogP contribution in [0.1, 0.15) is 37.4 Å². The zero-order chi connectivity index (χ0) is 20.3. The summed E-state index contributed by atoms with van der Waals surface area (Å²) >= 11 is 0. The fraction of sp³-hybridized carbons (Fsp3) is 0.333. The highest BCUT2D eigenvalue weighted by Crippen LogP contribution is 2.33. The first-order chi connectivity index (χ1) is 14.1. The van der Waals surface area contributed by atoms with Crippen LogP contribution in [0.5, 0.6) is 5.75 Å². The molecule has 2 aromatic heterocycles. The Balaban J connectivity index is 1.59. The molecule has 4 rings (SSSR count). The number of nitrogens with one attached hydrogen (secondary N) is 1. The molecule has 152 valence electrons. The molecule has 1 aliphatic carbocycles. The van der Waals surface area contributed by atoms with Gasteiger partial charge < -0.3 is 4.74 Å². The van der Waals surface area contributed by atoms with E-state index in [1.165, 1.54) is 26.0 Å². The highest BCUT2D eigenvalue weighted by molar-refractivity contribution is 7.89. The fourth-order valence-electron chi connectivity index (χ4n) is 3.68. The Morgan fingerprint density at radius 3 is 2.69 bits per heavy atom. The van der Waals surface area contributed by atoms with Gasteiger partial charge in [-0.15, -0.1) is 0 Å². The van der Waals surface area contributed by atoms with Crippen LogP contribution < -0.4 is 9.46 Å². The van der Waals surface area contributed by atoms with Crippen molar-refractivity contribution in [3.63, 3.8) is 0 Å². The maximum Gasteiger partial charge on any atom is 0.241 e. The molecule has 1 N–H and O–H groups in total. The molecule has 1 aromatic carbocycles. The van der Waals surface area contributed by atoms with E-state index in [2.05, 4.69) is 9.71 Å². The molecule has 0 unspecified atom stereocenters. The summed E-state index contributed by atoms with van der Waals surface area (Å²) in [4.78, 5) is 4.62. The Kier molecular flexibility index (Phi) is 5.64. The van der Waals surface area contributed by atoms with Crippen LogP contribution in [0.4, 0.5) is 0 Å². The number of rotatable bonds is 7. The molecule has 1 saturated carbocycles. The van der Waals surface area contributed by atoms with Gasteiger partial charge in [0.15, 0.2) is 0 Å². The molecule has 29 heavy (non-hydrogen) atoms. The lowest BCUT2D eigenvalue weighted by Gasteiger charge is -2.13. The van der Waals surface area contributed by atoms with Crippen molar-refractivity contribution >= 4 is 10.0 Å². The van der Waals surface area contributed by atoms with Crippen LogP contribution in [0.3, 0.4) is 0 Å². The monoisotopic (exact) mass is 412 g/mol. The summed E-state index contributed by atoms with van der Waals surface area (Å²) in [7, 11) is -2.17. The quantitative estimate of drug-likeness (QED) is 0.641. The summed E-state index contributed by atoms with van der Waals surface area (Å²) in [5.74, 6) is 0.496. The van der Waals surface area contributed by atoms with Gasteiger partial charge in [-0.2, -0.15) is 5.10 Å². The Hall–Kier alpha value is -2.71. The van der Waals surface area contributed by atoms with E-state index in [0.717, 1.165) is 24.2 Å². The molecule has 7 nitrogen and oxygen atoms in total. The lowest BCUT2D eigenvalue weighted by atomic mass is 10.2. The minimum absolute atomic E-state index is 0.110. The number of hydrogen-bond donors (Lipinski definition) is 1. The molecule has 3 aromatic rings. The van der Waals surface area contributed by atoms with Gasteiger partial charge in [0.05, 0.1) is 41.7 Å². The average molecular weight is 413 g/mol. The summed E-state index contributed by atoms with van der Waals surface area (Å²) < 4.78 is 35.1. The van der Waals surface area contributed by atoms with Crippen LogP contribution in [0.25, 0.3) is 11.4 Å². The maximum absolute atomic E-state index is 12.7. The topological polar surface area (TPSA) is 86.1 Å². The third-order valence-corrected chi connectivity index (χ3v) is 6.58. The zero-order valence-electron chi connectivity index (χ0n) is 16.3. The lowest BCUT2D eigenvalue weighted by Crippen LogP contribution is -2.23. The van der Waals surface area contributed by atoms with Crippen LogP contribution >= 0.6 is 0 Å². The summed E-state index contributed by atoms with van der Waals surface area (Å²) in [6.45, 7) is 0.110. The molecule has 0 radical (unpaired) electrons. The molecule has 0 atom stereocenters. The van der Waals surface area contributed by atoms with E-state index in [0.29, 0.717) is 17.5 Å². The highest BCUT2D eigenvalue weighted by Gasteiger charge is 2.23. The third-order valence-electron chi connectivity index (χ3n) is 5.18. The minimum Gasteiger partial charge on any atom is -0.497 e. The Labute approximate surface area is 170 Å². The molecule has 0 bridgehead atoms. The first-order valence-corrected chi connectivity index (χ1v) is 11.2. The van der Waals surface area contributed by atoms with Crippen molar-refractivity contribution in [3.05, 3.63) is 60.4 Å². The van der Waals surface area contributed by atoms with E-state index >= 15 is 0 Å². The van der Waals surface area contributed by atoms with Crippen LogP contribution in [0, 0.1) is 0 Å². The second-order valence-corrected chi connectivity index (χ2v) is 8.89. The highest BCUT2D eigenvalue weighted by atomic mass is 32.2. The molecule has 1 aliphatic rings. The molecule has 0 aliphatic heterocycles. The fourth-order valence-corrected chi connectivity index (χ4v) is 4.72. The summed E-state index contributed by atoms with van der Waals surface area (Å²) in [5, 5.41) is 4.72. The third kappa shape index (κ3) is 4.33.